The normalized spacial score (nSPS) is 13.7. The van der Waals surface area contributed by atoms with Crippen LogP contribution in [0.15, 0.2) is 347 Å². The van der Waals surface area contributed by atoms with Crippen molar-refractivity contribution >= 4 is 45.2 Å². The zero-order valence-corrected chi connectivity index (χ0v) is 53.4. The van der Waals surface area contributed by atoms with E-state index in [9.17, 15) is 0 Å². The zero-order chi connectivity index (χ0) is 63.1. The highest BCUT2D eigenvalue weighted by atomic mass is 32.2. The minimum atomic E-state index is -0.600. The number of hydrogen-bond donors (Lipinski definition) is 0. The Bertz CT molecular complexity index is 5840. The van der Waals surface area contributed by atoms with E-state index in [0.29, 0.717) is 5.82 Å². The van der Waals surface area contributed by atoms with E-state index in [1.807, 2.05) is 23.5 Å². The van der Waals surface area contributed by atoms with E-state index in [2.05, 4.69) is 328 Å². The molecule has 14 aromatic carbocycles. The van der Waals surface area contributed by atoms with Crippen LogP contribution in [0.3, 0.4) is 0 Å². The van der Waals surface area contributed by atoms with Crippen molar-refractivity contribution in [3.8, 4) is 101 Å². The Hall–Kier alpha value is -11.5. The van der Waals surface area contributed by atoms with Crippen LogP contribution in [-0.4, -0.2) is 20.2 Å². The molecule has 4 heterocycles. The lowest BCUT2D eigenvalue weighted by Gasteiger charge is -2.40. The fraction of sp³-hybridized carbons (Fsp3) is 0.0222. The summed E-state index contributed by atoms with van der Waals surface area (Å²) in [6.07, 6.45) is 0. The molecule has 2 aliphatic carbocycles. The first kappa shape index (κ1) is 55.0. The molecule has 2 aliphatic heterocycles. The van der Waals surface area contributed by atoms with Crippen molar-refractivity contribution in [3.63, 3.8) is 0 Å². The molecule has 4 nitrogen and oxygen atoms in total. The van der Waals surface area contributed by atoms with Gasteiger partial charge in [-0.05, 0) is 178 Å². The predicted octanol–water partition coefficient (Wildman–Crippen LogP) is 22.9. The van der Waals surface area contributed by atoms with E-state index in [4.69, 9.17) is 20.2 Å². The van der Waals surface area contributed by atoms with E-state index < -0.39 is 10.8 Å². The molecular formula is C90H54N4S2. The van der Waals surface area contributed by atoms with E-state index in [1.54, 1.807) is 0 Å². The van der Waals surface area contributed by atoms with Crippen molar-refractivity contribution in [1.29, 1.82) is 0 Å². The molecule has 96 heavy (non-hydrogen) atoms. The molecule has 2 spiro atoms. The molecule has 6 heteroatoms. The van der Waals surface area contributed by atoms with Crippen LogP contribution >= 0.6 is 23.5 Å². The van der Waals surface area contributed by atoms with Gasteiger partial charge in [-0.1, -0.05) is 284 Å². The summed E-state index contributed by atoms with van der Waals surface area (Å²) in [6, 6.07) is 121. The summed E-state index contributed by atoms with van der Waals surface area (Å²) in [5.41, 5.74) is 28.8. The summed E-state index contributed by atoms with van der Waals surface area (Å²) in [4.78, 5) is 16.1. The summed E-state index contributed by atoms with van der Waals surface area (Å²) in [7, 11) is 0. The largest absolute Gasteiger partial charge is 0.228 e. The molecule has 446 valence electrons. The molecule has 0 bridgehead atoms. The summed E-state index contributed by atoms with van der Waals surface area (Å²) in [5.74, 6) is 0.669. The second-order valence-electron chi connectivity index (χ2n) is 25.5. The van der Waals surface area contributed by atoms with Gasteiger partial charge in [0, 0.05) is 47.2 Å². The second kappa shape index (κ2) is 21.5. The van der Waals surface area contributed by atoms with Crippen LogP contribution in [0.2, 0.25) is 0 Å². The van der Waals surface area contributed by atoms with Crippen molar-refractivity contribution in [2.45, 2.75) is 30.4 Å². The lowest BCUT2D eigenvalue weighted by molar-refractivity contribution is 0.723. The third kappa shape index (κ3) is 8.13. The third-order valence-electron chi connectivity index (χ3n) is 20.5. The first-order chi connectivity index (χ1) is 47.6. The van der Waals surface area contributed by atoms with E-state index >= 15 is 0 Å². The first-order valence-corrected chi connectivity index (χ1v) is 34.4. The van der Waals surface area contributed by atoms with Crippen LogP contribution in [0.1, 0.15) is 44.5 Å². The highest BCUT2D eigenvalue weighted by Gasteiger charge is 2.52. The number of nitrogens with zero attached hydrogens (tertiary/aromatic N) is 4. The summed E-state index contributed by atoms with van der Waals surface area (Å²) in [6.45, 7) is 0. The number of rotatable bonds is 7. The SMILES string of the molecule is c1cc(-c2nc(-c3cccc(-c4ccc5c(c4)C4(c6ccccc6S5)c5ccccc5-c5ccccc54)c3)c3ccccc3n2)cc(-c2cc(-c3ccc(-c4ccc(-c5cccc6ccccc56)nn4)cc3)cc3c2Sc2ccccc2C32c3ccccc3-c3ccccc32)c1. The maximum absolute atomic E-state index is 5.64. The molecule has 0 atom stereocenters. The van der Waals surface area contributed by atoms with E-state index in [1.165, 1.54) is 91.7 Å². The fourth-order valence-electron chi connectivity index (χ4n) is 16.4. The summed E-state index contributed by atoms with van der Waals surface area (Å²) < 4.78 is 0. The van der Waals surface area contributed by atoms with Crippen LogP contribution in [0.25, 0.3) is 122 Å². The monoisotopic (exact) mass is 1250 g/mol. The number of aromatic nitrogens is 4. The molecule has 20 rings (SSSR count). The Morgan fingerprint density at radius 1 is 0.240 bits per heavy atom. The van der Waals surface area contributed by atoms with Crippen molar-refractivity contribution in [2.24, 2.45) is 0 Å². The van der Waals surface area contributed by atoms with Crippen molar-refractivity contribution in [1.82, 2.24) is 20.2 Å². The first-order valence-electron chi connectivity index (χ1n) is 32.7. The van der Waals surface area contributed by atoms with Gasteiger partial charge in [-0.15, -0.1) is 10.2 Å². The standard InChI is InChI=1S/C90H54N4S2/c1-2-26-64-56(20-1)21-19-32-69(64)82-48-47-80(93-94-82)57-44-42-55(43-45-57)63-52-71(87-79(54-63)90(77-38-13-16-41-84(77)96-87)74-35-10-5-29-67(74)68-30-6-11-36-75(68)90)60-23-18-25-62(51-60)88-91-81-39-14-7-31-70(81)86(92-88)61-24-17-22-58(50-61)59-46-49-85-78(53-59)89(76-37-12-15-40-83(76)95-85)72-33-8-3-27-65(72)66-28-4-9-34-73(66)89/h1-54H. The second-order valence-corrected chi connectivity index (χ2v) is 27.6. The maximum atomic E-state index is 5.64. The van der Waals surface area contributed by atoms with Crippen LogP contribution < -0.4 is 0 Å². The Morgan fingerprint density at radius 2 is 0.708 bits per heavy atom. The number of fused-ring (bicyclic) bond motifs is 20. The van der Waals surface area contributed by atoms with Gasteiger partial charge in [0.25, 0.3) is 0 Å². The van der Waals surface area contributed by atoms with Crippen LogP contribution in [0, 0.1) is 0 Å². The Kier molecular flexibility index (Phi) is 12.3. The third-order valence-corrected chi connectivity index (χ3v) is 22.9. The molecule has 0 saturated carbocycles. The predicted molar refractivity (Wildman–Crippen MR) is 394 cm³/mol. The van der Waals surface area contributed by atoms with Gasteiger partial charge in [0.2, 0.25) is 0 Å². The smallest absolute Gasteiger partial charge is 0.160 e. The molecule has 0 fully saturated rings. The Labute approximate surface area is 564 Å². The molecule has 0 amide bonds. The van der Waals surface area contributed by atoms with Crippen LogP contribution in [0.5, 0.6) is 0 Å². The molecule has 0 unspecified atom stereocenters. The maximum Gasteiger partial charge on any atom is 0.160 e. The van der Waals surface area contributed by atoms with Gasteiger partial charge in [-0.2, -0.15) is 0 Å². The van der Waals surface area contributed by atoms with Gasteiger partial charge >= 0.3 is 0 Å². The van der Waals surface area contributed by atoms with Gasteiger partial charge in [-0.3, -0.25) is 0 Å². The van der Waals surface area contributed by atoms with Gasteiger partial charge in [0.1, 0.15) is 0 Å². The minimum absolute atomic E-state index is 0.473. The lowest BCUT2D eigenvalue weighted by atomic mass is 9.66. The van der Waals surface area contributed by atoms with Gasteiger partial charge in [0.05, 0.1) is 33.4 Å². The number of para-hydroxylation sites is 1. The van der Waals surface area contributed by atoms with Crippen molar-refractivity contribution < 1.29 is 0 Å². The number of hydrogen-bond acceptors (Lipinski definition) is 6. The molecule has 0 N–H and O–H groups in total. The topological polar surface area (TPSA) is 51.6 Å². The molecule has 16 aromatic rings. The minimum Gasteiger partial charge on any atom is -0.228 e. The average molecular weight is 1260 g/mol. The van der Waals surface area contributed by atoms with Crippen molar-refractivity contribution in [2.75, 3.05) is 0 Å². The van der Waals surface area contributed by atoms with E-state index in [0.717, 1.165) is 89.0 Å². The van der Waals surface area contributed by atoms with Crippen molar-refractivity contribution in [3.05, 3.63) is 372 Å². The van der Waals surface area contributed by atoms with Crippen LogP contribution in [-0.2, 0) is 10.8 Å². The highest BCUT2D eigenvalue weighted by Crippen LogP contribution is 2.65. The Morgan fingerprint density at radius 3 is 1.40 bits per heavy atom. The van der Waals surface area contributed by atoms with E-state index in [-0.39, 0.29) is 0 Å². The molecule has 0 saturated heterocycles. The highest BCUT2D eigenvalue weighted by molar-refractivity contribution is 8.00. The lowest BCUT2D eigenvalue weighted by Crippen LogP contribution is -2.32. The van der Waals surface area contributed by atoms with Crippen LogP contribution in [0.4, 0.5) is 0 Å². The van der Waals surface area contributed by atoms with Gasteiger partial charge < -0.3 is 0 Å². The van der Waals surface area contributed by atoms with Gasteiger partial charge in [0.15, 0.2) is 5.82 Å². The molecule has 2 aromatic heterocycles. The summed E-state index contributed by atoms with van der Waals surface area (Å²) in [5, 5.41) is 13.0. The summed E-state index contributed by atoms with van der Waals surface area (Å²) >= 11 is 3.75. The zero-order valence-electron chi connectivity index (χ0n) is 51.8. The molecule has 4 aliphatic rings. The molecule has 0 radical (unpaired) electrons. The number of benzene rings is 14. The Balaban J connectivity index is 0.722. The fourth-order valence-corrected chi connectivity index (χ4v) is 18.9. The molecular weight excluding hydrogens is 1200 g/mol. The van der Waals surface area contributed by atoms with Gasteiger partial charge in [-0.25, -0.2) is 9.97 Å². The quantitative estimate of drug-likeness (QED) is 0.158. The average Bonchev–Trinajstić information content (AvgIpc) is 1.50.